The third kappa shape index (κ3) is 2.15. The summed E-state index contributed by atoms with van der Waals surface area (Å²) in [6, 6.07) is 6.60. The third-order valence-corrected chi connectivity index (χ3v) is 3.68. The van der Waals surface area contributed by atoms with Crippen molar-refractivity contribution in [1.82, 2.24) is 10.3 Å². The smallest absolute Gasteiger partial charge is 0.0600 e. The molecular weight excluding hydrogens is 216 g/mol. The van der Waals surface area contributed by atoms with E-state index in [1.807, 2.05) is 36.8 Å². The van der Waals surface area contributed by atoms with E-state index in [1.54, 1.807) is 0 Å². The Morgan fingerprint density at radius 2 is 2.19 bits per heavy atom. The molecule has 84 valence electrons. The minimum absolute atomic E-state index is 0.249. The highest BCUT2D eigenvalue weighted by Crippen LogP contribution is 2.29. The van der Waals surface area contributed by atoms with Gasteiger partial charge in [-0.05, 0) is 44.2 Å². The lowest BCUT2D eigenvalue weighted by atomic mass is 10.0. The van der Waals surface area contributed by atoms with Crippen LogP contribution in [0.3, 0.4) is 0 Å². The monoisotopic (exact) mass is 232 g/mol. The molecule has 0 aromatic carbocycles. The Hall–Kier alpha value is -1.19. The molecule has 0 saturated heterocycles. The molecule has 1 unspecified atom stereocenters. The van der Waals surface area contributed by atoms with E-state index in [0.29, 0.717) is 0 Å². The molecule has 1 N–H and O–H groups in total. The molecule has 1 atom stereocenters. The third-order valence-electron chi connectivity index (χ3n) is 2.70. The normalized spacial score (nSPS) is 12.7. The number of aryl methyl sites for hydroxylation is 2. The van der Waals surface area contributed by atoms with Crippen molar-refractivity contribution in [2.45, 2.75) is 19.9 Å². The Morgan fingerprint density at radius 3 is 2.69 bits per heavy atom. The van der Waals surface area contributed by atoms with Gasteiger partial charge < -0.3 is 5.32 Å². The molecule has 0 aliphatic rings. The second-order valence-corrected chi connectivity index (χ2v) is 5.34. The van der Waals surface area contributed by atoms with Crippen LogP contribution in [0.2, 0.25) is 0 Å². The lowest BCUT2D eigenvalue weighted by Gasteiger charge is -2.16. The zero-order chi connectivity index (χ0) is 11.5. The van der Waals surface area contributed by atoms with Gasteiger partial charge in [0.1, 0.15) is 0 Å². The van der Waals surface area contributed by atoms with E-state index in [1.165, 1.54) is 20.9 Å². The van der Waals surface area contributed by atoms with Gasteiger partial charge in [0.25, 0.3) is 0 Å². The maximum Gasteiger partial charge on any atom is 0.0600 e. The van der Waals surface area contributed by atoms with Gasteiger partial charge >= 0.3 is 0 Å². The fraction of sp³-hybridized carbons (Fsp3) is 0.308. The highest BCUT2D eigenvalue weighted by Gasteiger charge is 2.15. The second-order valence-electron chi connectivity index (χ2n) is 3.88. The molecule has 0 aliphatic carbocycles. The number of hydrogen-bond donors (Lipinski definition) is 1. The van der Waals surface area contributed by atoms with Gasteiger partial charge in [-0.2, -0.15) is 0 Å². The van der Waals surface area contributed by atoms with E-state index < -0.39 is 0 Å². The van der Waals surface area contributed by atoms with Crippen LogP contribution >= 0.6 is 11.3 Å². The first-order valence-corrected chi connectivity index (χ1v) is 6.18. The molecule has 0 saturated carbocycles. The van der Waals surface area contributed by atoms with Crippen molar-refractivity contribution in [2.24, 2.45) is 0 Å². The molecule has 0 aliphatic heterocycles. The van der Waals surface area contributed by atoms with Crippen molar-refractivity contribution in [1.29, 1.82) is 0 Å². The molecule has 0 amide bonds. The lowest BCUT2D eigenvalue weighted by Crippen LogP contribution is -2.17. The van der Waals surface area contributed by atoms with Crippen molar-refractivity contribution in [3.63, 3.8) is 0 Å². The Labute approximate surface area is 100 Å². The average Bonchev–Trinajstić information content (AvgIpc) is 2.61. The summed E-state index contributed by atoms with van der Waals surface area (Å²) in [4.78, 5) is 6.91. The largest absolute Gasteiger partial charge is 0.309 e. The number of rotatable bonds is 3. The van der Waals surface area contributed by atoms with Gasteiger partial charge in [-0.1, -0.05) is 6.07 Å². The Morgan fingerprint density at radius 1 is 1.38 bits per heavy atom. The van der Waals surface area contributed by atoms with E-state index in [4.69, 9.17) is 0 Å². The second kappa shape index (κ2) is 4.76. The SMILES string of the molecule is CNC(c1cccnc1)c1cc(C)sc1C. The summed E-state index contributed by atoms with van der Waals surface area (Å²) in [5.74, 6) is 0. The number of hydrogen-bond acceptors (Lipinski definition) is 3. The topological polar surface area (TPSA) is 24.9 Å². The molecule has 2 aromatic heterocycles. The quantitative estimate of drug-likeness (QED) is 0.879. The molecule has 2 heterocycles. The Kier molecular flexibility index (Phi) is 3.36. The molecular formula is C13H16N2S. The zero-order valence-electron chi connectivity index (χ0n) is 9.82. The van der Waals surface area contributed by atoms with Gasteiger partial charge in [0, 0.05) is 22.1 Å². The molecule has 0 fully saturated rings. The van der Waals surface area contributed by atoms with E-state index >= 15 is 0 Å². The van der Waals surface area contributed by atoms with Gasteiger partial charge in [-0.15, -0.1) is 11.3 Å². The molecule has 0 radical (unpaired) electrons. The van der Waals surface area contributed by atoms with Crippen LogP contribution < -0.4 is 5.32 Å². The van der Waals surface area contributed by atoms with Crippen LogP contribution in [-0.2, 0) is 0 Å². The van der Waals surface area contributed by atoms with E-state index in [-0.39, 0.29) is 6.04 Å². The minimum Gasteiger partial charge on any atom is -0.309 e. The predicted octanol–water partition coefficient (Wildman–Crippen LogP) is 3.07. The van der Waals surface area contributed by atoms with Crippen molar-refractivity contribution >= 4 is 11.3 Å². The molecule has 0 spiro atoms. The maximum absolute atomic E-state index is 4.18. The summed E-state index contributed by atoms with van der Waals surface area (Å²) >= 11 is 1.85. The first-order valence-electron chi connectivity index (χ1n) is 5.36. The van der Waals surface area contributed by atoms with Crippen LogP contribution in [0.25, 0.3) is 0 Å². The van der Waals surface area contributed by atoms with Crippen LogP contribution in [-0.4, -0.2) is 12.0 Å². The van der Waals surface area contributed by atoms with Crippen LogP contribution in [0.5, 0.6) is 0 Å². The molecule has 2 nitrogen and oxygen atoms in total. The first kappa shape index (κ1) is 11.3. The first-order chi connectivity index (χ1) is 7.72. The Bertz CT molecular complexity index is 462. The fourth-order valence-corrected chi connectivity index (χ4v) is 2.95. The van der Waals surface area contributed by atoms with Crippen molar-refractivity contribution in [2.75, 3.05) is 7.05 Å². The summed E-state index contributed by atoms with van der Waals surface area (Å²) in [5.41, 5.74) is 2.57. The minimum atomic E-state index is 0.249. The molecule has 16 heavy (non-hydrogen) atoms. The summed E-state index contributed by atoms with van der Waals surface area (Å²) in [6.45, 7) is 4.32. The van der Waals surface area contributed by atoms with Gasteiger partial charge in [-0.25, -0.2) is 0 Å². The molecule has 2 rings (SSSR count). The zero-order valence-corrected chi connectivity index (χ0v) is 10.6. The molecule has 0 bridgehead atoms. The van der Waals surface area contributed by atoms with Crippen molar-refractivity contribution in [3.05, 3.63) is 51.5 Å². The number of aromatic nitrogens is 1. The maximum atomic E-state index is 4.18. The summed E-state index contributed by atoms with van der Waals surface area (Å²) < 4.78 is 0. The van der Waals surface area contributed by atoms with E-state index in [2.05, 4.69) is 36.3 Å². The van der Waals surface area contributed by atoms with Crippen LogP contribution in [0.4, 0.5) is 0 Å². The summed E-state index contributed by atoms with van der Waals surface area (Å²) in [6.07, 6.45) is 3.73. The van der Waals surface area contributed by atoms with Gasteiger partial charge in [-0.3, -0.25) is 4.98 Å². The molecule has 3 heteroatoms. The van der Waals surface area contributed by atoms with Gasteiger partial charge in [0.05, 0.1) is 6.04 Å². The average molecular weight is 232 g/mol. The standard InChI is InChI=1S/C13H16N2S/c1-9-7-12(10(2)16-9)13(14-3)11-5-4-6-15-8-11/h4-8,13-14H,1-3H3. The number of thiophene rings is 1. The fourth-order valence-electron chi connectivity index (χ4n) is 1.99. The van der Waals surface area contributed by atoms with Crippen LogP contribution in [0, 0.1) is 13.8 Å². The van der Waals surface area contributed by atoms with Gasteiger partial charge in [0.2, 0.25) is 0 Å². The summed E-state index contributed by atoms with van der Waals surface area (Å²) in [5, 5.41) is 3.36. The van der Waals surface area contributed by atoms with Crippen LogP contribution in [0.15, 0.2) is 30.6 Å². The van der Waals surface area contributed by atoms with E-state index in [0.717, 1.165) is 0 Å². The Balaban J connectivity index is 2.40. The number of pyridine rings is 1. The lowest BCUT2D eigenvalue weighted by molar-refractivity contribution is 0.687. The molecule has 2 aromatic rings. The van der Waals surface area contributed by atoms with E-state index in [9.17, 15) is 0 Å². The van der Waals surface area contributed by atoms with Crippen LogP contribution in [0.1, 0.15) is 26.9 Å². The summed E-state index contributed by atoms with van der Waals surface area (Å²) in [7, 11) is 1.99. The number of nitrogens with one attached hydrogen (secondary N) is 1. The van der Waals surface area contributed by atoms with Gasteiger partial charge in [0.15, 0.2) is 0 Å². The number of nitrogens with zero attached hydrogens (tertiary/aromatic N) is 1. The predicted molar refractivity (Wildman–Crippen MR) is 68.9 cm³/mol. The highest BCUT2D eigenvalue weighted by atomic mass is 32.1. The van der Waals surface area contributed by atoms with Crippen molar-refractivity contribution in [3.8, 4) is 0 Å². The van der Waals surface area contributed by atoms with Crippen molar-refractivity contribution < 1.29 is 0 Å². The highest BCUT2D eigenvalue weighted by molar-refractivity contribution is 7.12.